The first kappa shape index (κ1) is 17.4. The van der Waals surface area contributed by atoms with E-state index in [0.717, 1.165) is 16.4 Å². The molecule has 0 heterocycles. The average Bonchev–Trinajstić information content (AvgIpc) is 2.37. The third kappa shape index (κ3) is 4.18. The average molecular weight is 325 g/mol. The molecule has 0 aliphatic heterocycles. The van der Waals surface area contributed by atoms with Crippen LogP contribution in [0.5, 0.6) is 0 Å². The van der Waals surface area contributed by atoms with Gasteiger partial charge in [-0.15, -0.1) is 0 Å². The third-order valence-electron chi connectivity index (χ3n) is 2.84. The molecule has 1 aromatic carbocycles. The number of aliphatic carboxylic acids is 1. The van der Waals surface area contributed by atoms with Crippen LogP contribution in [0, 0.1) is 5.92 Å². The van der Waals surface area contributed by atoms with Crippen molar-refractivity contribution >= 4 is 16.0 Å². The fourth-order valence-corrected chi connectivity index (χ4v) is 2.82. The van der Waals surface area contributed by atoms with E-state index < -0.39 is 33.7 Å². The number of carboxylic acids is 1. The van der Waals surface area contributed by atoms with Gasteiger partial charge in [-0.2, -0.15) is 13.2 Å². The molecular weight excluding hydrogens is 311 g/mol. The second kappa shape index (κ2) is 6.02. The normalized spacial score (nSPS) is 14.2. The highest BCUT2D eigenvalue weighted by Gasteiger charge is 2.31. The summed E-state index contributed by atoms with van der Waals surface area (Å²) in [4.78, 5) is 10.4. The first-order valence-corrected chi connectivity index (χ1v) is 7.26. The SMILES string of the molecule is CC(CN(C)S(=O)(=O)c1ccc(C(F)(F)F)cc1)C(=O)O. The van der Waals surface area contributed by atoms with E-state index in [9.17, 15) is 26.4 Å². The second-order valence-electron chi connectivity index (χ2n) is 4.55. The summed E-state index contributed by atoms with van der Waals surface area (Å²) in [5.41, 5.74) is -0.956. The van der Waals surface area contributed by atoms with Crippen LogP contribution in [0.4, 0.5) is 13.2 Å². The van der Waals surface area contributed by atoms with Gasteiger partial charge in [0.05, 0.1) is 16.4 Å². The Morgan fingerprint density at radius 1 is 1.29 bits per heavy atom. The number of sulfonamides is 1. The molecule has 118 valence electrons. The van der Waals surface area contributed by atoms with E-state index in [4.69, 9.17) is 5.11 Å². The first-order valence-electron chi connectivity index (χ1n) is 5.82. The van der Waals surface area contributed by atoms with Gasteiger partial charge >= 0.3 is 12.1 Å². The van der Waals surface area contributed by atoms with E-state index >= 15 is 0 Å². The number of hydrogen-bond donors (Lipinski definition) is 1. The molecule has 1 N–H and O–H groups in total. The minimum atomic E-state index is -4.55. The molecule has 0 aliphatic carbocycles. The molecule has 0 saturated heterocycles. The third-order valence-corrected chi connectivity index (χ3v) is 4.68. The van der Waals surface area contributed by atoms with Crippen LogP contribution in [0.3, 0.4) is 0 Å². The second-order valence-corrected chi connectivity index (χ2v) is 6.59. The number of alkyl halides is 3. The predicted octanol–water partition coefficient (Wildman–Crippen LogP) is 2.05. The van der Waals surface area contributed by atoms with E-state index in [2.05, 4.69) is 0 Å². The smallest absolute Gasteiger partial charge is 0.416 e. The number of hydrogen-bond acceptors (Lipinski definition) is 3. The van der Waals surface area contributed by atoms with Crippen LogP contribution in [0.15, 0.2) is 29.2 Å². The molecule has 0 spiro atoms. The summed E-state index contributed by atoms with van der Waals surface area (Å²) in [6.45, 7) is 1.06. The fourth-order valence-electron chi connectivity index (χ4n) is 1.56. The van der Waals surface area contributed by atoms with Crippen molar-refractivity contribution in [2.24, 2.45) is 5.92 Å². The number of nitrogens with zero attached hydrogens (tertiary/aromatic N) is 1. The number of carbonyl (C=O) groups is 1. The van der Waals surface area contributed by atoms with Crippen LogP contribution in [-0.4, -0.2) is 37.4 Å². The van der Waals surface area contributed by atoms with E-state index in [1.54, 1.807) is 0 Å². The molecule has 0 aromatic heterocycles. The highest BCUT2D eigenvalue weighted by molar-refractivity contribution is 7.89. The lowest BCUT2D eigenvalue weighted by Crippen LogP contribution is -2.33. The maximum absolute atomic E-state index is 12.4. The summed E-state index contributed by atoms with van der Waals surface area (Å²) in [6.07, 6.45) is -4.55. The van der Waals surface area contributed by atoms with Crippen molar-refractivity contribution in [2.75, 3.05) is 13.6 Å². The fraction of sp³-hybridized carbons (Fsp3) is 0.417. The van der Waals surface area contributed by atoms with Gasteiger partial charge in [0.2, 0.25) is 10.0 Å². The van der Waals surface area contributed by atoms with Crippen molar-refractivity contribution in [3.8, 4) is 0 Å². The van der Waals surface area contributed by atoms with Gasteiger partial charge in [-0.25, -0.2) is 12.7 Å². The predicted molar refractivity (Wildman–Crippen MR) is 68.1 cm³/mol. The van der Waals surface area contributed by atoms with Gasteiger partial charge < -0.3 is 5.11 Å². The van der Waals surface area contributed by atoms with Crippen molar-refractivity contribution < 1.29 is 31.5 Å². The van der Waals surface area contributed by atoms with Crippen LogP contribution in [-0.2, 0) is 21.0 Å². The topological polar surface area (TPSA) is 74.7 Å². The Labute approximate surface area is 120 Å². The van der Waals surface area contributed by atoms with Gasteiger partial charge in [-0.1, -0.05) is 6.92 Å². The quantitative estimate of drug-likeness (QED) is 0.899. The van der Waals surface area contributed by atoms with Crippen LogP contribution < -0.4 is 0 Å². The Morgan fingerprint density at radius 2 is 1.76 bits per heavy atom. The summed E-state index contributed by atoms with van der Waals surface area (Å²) in [7, 11) is -2.85. The highest BCUT2D eigenvalue weighted by Crippen LogP contribution is 2.30. The lowest BCUT2D eigenvalue weighted by molar-refractivity contribution is -0.141. The number of benzene rings is 1. The minimum absolute atomic E-state index is 0.279. The summed E-state index contributed by atoms with van der Waals surface area (Å²) in [6, 6.07) is 3.03. The molecule has 1 aromatic rings. The van der Waals surface area contributed by atoms with Crippen molar-refractivity contribution in [1.29, 1.82) is 0 Å². The summed E-state index contributed by atoms with van der Waals surface area (Å²) >= 11 is 0. The molecule has 0 aliphatic rings. The van der Waals surface area contributed by atoms with Gasteiger partial charge in [-0.05, 0) is 24.3 Å². The molecule has 21 heavy (non-hydrogen) atoms. The molecule has 1 unspecified atom stereocenters. The lowest BCUT2D eigenvalue weighted by Gasteiger charge is -2.19. The first-order chi connectivity index (χ1) is 9.46. The Morgan fingerprint density at radius 3 is 2.14 bits per heavy atom. The number of rotatable bonds is 5. The van der Waals surface area contributed by atoms with Crippen LogP contribution in [0.2, 0.25) is 0 Å². The molecule has 1 rings (SSSR count). The van der Waals surface area contributed by atoms with Crippen molar-refractivity contribution in [3.05, 3.63) is 29.8 Å². The van der Waals surface area contributed by atoms with E-state index in [1.165, 1.54) is 14.0 Å². The van der Waals surface area contributed by atoms with Gasteiger partial charge in [0.25, 0.3) is 0 Å². The lowest BCUT2D eigenvalue weighted by atomic mass is 10.2. The largest absolute Gasteiger partial charge is 0.481 e. The molecule has 9 heteroatoms. The van der Waals surface area contributed by atoms with Crippen molar-refractivity contribution in [1.82, 2.24) is 4.31 Å². The zero-order chi connectivity index (χ0) is 16.4. The Bertz CT molecular complexity index is 610. The van der Waals surface area contributed by atoms with E-state index in [1.807, 2.05) is 0 Å². The molecule has 0 fully saturated rings. The van der Waals surface area contributed by atoms with Gasteiger partial charge in [0.1, 0.15) is 0 Å². The Balaban J connectivity index is 3.00. The summed E-state index contributed by atoms with van der Waals surface area (Å²) in [5, 5.41) is 8.75. The van der Waals surface area contributed by atoms with Crippen LogP contribution >= 0.6 is 0 Å². The standard InChI is InChI=1S/C12H14F3NO4S/c1-8(11(17)18)7-16(2)21(19,20)10-5-3-9(4-6-10)12(13,14)15/h3-6,8H,7H2,1-2H3,(H,17,18). The number of halogens is 3. The zero-order valence-corrected chi connectivity index (χ0v) is 12.1. The van der Waals surface area contributed by atoms with Crippen LogP contribution in [0.25, 0.3) is 0 Å². The highest BCUT2D eigenvalue weighted by atomic mass is 32.2. The molecule has 0 bridgehead atoms. The minimum Gasteiger partial charge on any atom is -0.481 e. The zero-order valence-electron chi connectivity index (χ0n) is 11.3. The molecule has 0 saturated carbocycles. The molecular formula is C12H14F3NO4S. The van der Waals surface area contributed by atoms with E-state index in [-0.39, 0.29) is 11.4 Å². The number of carboxylic acid groups (broad SMARTS) is 1. The maximum atomic E-state index is 12.4. The van der Waals surface area contributed by atoms with Gasteiger partial charge in [0, 0.05) is 13.6 Å². The monoisotopic (exact) mass is 325 g/mol. The molecule has 0 amide bonds. The van der Waals surface area contributed by atoms with Crippen molar-refractivity contribution in [3.63, 3.8) is 0 Å². The van der Waals surface area contributed by atoms with Gasteiger partial charge in [0.15, 0.2) is 0 Å². The molecule has 5 nitrogen and oxygen atoms in total. The molecule has 0 radical (unpaired) electrons. The Hall–Kier alpha value is -1.61. The molecule has 1 atom stereocenters. The Kier molecular flexibility index (Phi) is 5.00. The summed E-state index contributed by atoms with van der Waals surface area (Å²) in [5.74, 6) is -2.09. The van der Waals surface area contributed by atoms with Crippen molar-refractivity contribution in [2.45, 2.75) is 18.0 Å². The summed E-state index contributed by atoms with van der Waals surface area (Å²) < 4.78 is 62.2. The van der Waals surface area contributed by atoms with E-state index in [0.29, 0.717) is 12.1 Å². The van der Waals surface area contributed by atoms with Crippen LogP contribution in [0.1, 0.15) is 12.5 Å². The maximum Gasteiger partial charge on any atom is 0.416 e. The van der Waals surface area contributed by atoms with Gasteiger partial charge in [-0.3, -0.25) is 4.79 Å².